The van der Waals surface area contributed by atoms with Crippen LogP contribution in [0.25, 0.3) is 17.4 Å². The summed E-state index contributed by atoms with van der Waals surface area (Å²) in [5.41, 5.74) is 1.30. The van der Waals surface area contributed by atoms with Gasteiger partial charge in [-0.15, -0.1) is 0 Å². The van der Waals surface area contributed by atoms with Gasteiger partial charge in [-0.3, -0.25) is 19.5 Å². The Morgan fingerprint density at radius 1 is 1.15 bits per heavy atom. The number of ether oxygens (including phenoxy) is 2. The summed E-state index contributed by atoms with van der Waals surface area (Å²) in [4.78, 5) is 43.0. The largest absolute Gasteiger partial charge is 0.497 e. The Balaban J connectivity index is 1.63. The molecule has 5 rings (SSSR count). The van der Waals surface area contributed by atoms with Crippen molar-refractivity contribution in [2.45, 2.75) is 32.9 Å². The van der Waals surface area contributed by atoms with Gasteiger partial charge in [0, 0.05) is 12.1 Å². The maximum Gasteiger partial charge on any atom is 0.338 e. The fourth-order valence-corrected chi connectivity index (χ4v) is 5.53. The van der Waals surface area contributed by atoms with Crippen LogP contribution in [-0.2, 0) is 9.53 Å². The summed E-state index contributed by atoms with van der Waals surface area (Å²) in [7, 11) is 1.56. The lowest BCUT2D eigenvalue weighted by Crippen LogP contribution is -2.40. The molecule has 1 aliphatic rings. The van der Waals surface area contributed by atoms with Crippen LogP contribution in [0.15, 0.2) is 86.1 Å². The second kappa shape index (κ2) is 10.8. The number of nitro groups is 1. The molecule has 1 aliphatic heterocycles. The van der Waals surface area contributed by atoms with Gasteiger partial charge in [-0.1, -0.05) is 35.6 Å². The number of thiazole rings is 1. The molecule has 0 saturated heterocycles. The monoisotopic (exact) mass is 559 g/mol. The lowest BCUT2D eigenvalue weighted by atomic mass is 9.96. The van der Waals surface area contributed by atoms with Gasteiger partial charge in [0.05, 0.1) is 45.5 Å². The Bertz CT molecular complexity index is 1830. The third kappa shape index (κ3) is 4.98. The average Bonchev–Trinajstić information content (AvgIpc) is 3.51. The number of benzene rings is 2. The van der Waals surface area contributed by atoms with Crippen molar-refractivity contribution in [3.8, 4) is 17.1 Å². The molecule has 0 spiro atoms. The quantitative estimate of drug-likeness (QED) is 0.187. The highest BCUT2D eigenvalue weighted by molar-refractivity contribution is 7.07. The van der Waals surface area contributed by atoms with E-state index in [2.05, 4.69) is 4.99 Å². The minimum atomic E-state index is -0.769. The second-order valence-corrected chi connectivity index (χ2v) is 10.3. The number of fused-ring (bicyclic) bond motifs is 1. The molecule has 10 nitrogen and oxygen atoms in total. The zero-order valence-electron chi connectivity index (χ0n) is 22.1. The molecule has 0 bridgehead atoms. The number of carbonyl (C=O) groups excluding carboxylic acids is 1. The Hall–Kier alpha value is -4.77. The Kier molecular flexibility index (Phi) is 7.22. The zero-order chi connectivity index (χ0) is 28.6. The first kappa shape index (κ1) is 26.8. The molecular formula is C29H25N3O7S. The number of hydrogen-bond acceptors (Lipinski definition) is 9. The van der Waals surface area contributed by atoms with E-state index in [0.29, 0.717) is 43.4 Å². The maximum absolute atomic E-state index is 13.8. The van der Waals surface area contributed by atoms with Gasteiger partial charge in [-0.2, -0.15) is 0 Å². The van der Waals surface area contributed by atoms with Gasteiger partial charge in [-0.25, -0.2) is 9.79 Å². The van der Waals surface area contributed by atoms with E-state index >= 15 is 0 Å². The van der Waals surface area contributed by atoms with Crippen LogP contribution in [0, 0.1) is 10.1 Å². The highest BCUT2D eigenvalue weighted by atomic mass is 32.1. The van der Waals surface area contributed by atoms with E-state index in [1.165, 1.54) is 10.6 Å². The smallest absolute Gasteiger partial charge is 0.338 e. The molecule has 0 amide bonds. The van der Waals surface area contributed by atoms with Crippen molar-refractivity contribution in [3.63, 3.8) is 0 Å². The first-order chi connectivity index (χ1) is 19.2. The molecule has 0 aliphatic carbocycles. The van der Waals surface area contributed by atoms with E-state index in [1.54, 1.807) is 88.6 Å². The molecular weight excluding hydrogens is 534 g/mol. The summed E-state index contributed by atoms with van der Waals surface area (Å²) >= 11 is 1.16. The van der Waals surface area contributed by atoms with Crippen molar-refractivity contribution in [1.29, 1.82) is 0 Å². The molecule has 204 valence electrons. The van der Waals surface area contributed by atoms with Crippen molar-refractivity contribution in [2.75, 3.05) is 7.11 Å². The normalized spacial score (nSPS) is 15.1. The molecule has 11 heteroatoms. The van der Waals surface area contributed by atoms with Crippen LogP contribution in [0.3, 0.4) is 0 Å². The predicted molar refractivity (Wildman–Crippen MR) is 149 cm³/mol. The Morgan fingerprint density at radius 3 is 2.55 bits per heavy atom. The number of hydrogen-bond donors (Lipinski definition) is 0. The highest BCUT2D eigenvalue weighted by Gasteiger charge is 2.34. The lowest BCUT2D eigenvalue weighted by Gasteiger charge is -2.25. The molecule has 0 saturated carbocycles. The fraction of sp³-hybridized carbons (Fsp3) is 0.207. The van der Waals surface area contributed by atoms with Gasteiger partial charge in [-0.05, 0) is 56.7 Å². The standard InChI is InChI=1S/C29H25N3O7S/c1-16(2)38-28(34)25-17(3)30-29-31(26(25)18-9-11-19(37-4)12-10-18)27(33)24(40-29)15-20-13-14-23(39-20)21-7-5-6-8-22(21)32(35)36/h5-16,26H,1-4H3/b24-15+. The average molecular weight is 560 g/mol. The fourth-order valence-electron chi connectivity index (χ4n) is 4.51. The summed E-state index contributed by atoms with van der Waals surface area (Å²) in [6, 6.07) is 15.9. The third-order valence-electron chi connectivity index (χ3n) is 6.28. The number of methoxy groups -OCH3 is 1. The Labute approximate surface area is 232 Å². The molecule has 3 heterocycles. The molecule has 0 fully saturated rings. The first-order valence-corrected chi connectivity index (χ1v) is 13.2. The van der Waals surface area contributed by atoms with E-state index in [9.17, 15) is 19.7 Å². The number of rotatable bonds is 7. The lowest BCUT2D eigenvalue weighted by molar-refractivity contribution is -0.384. The minimum Gasteiger partial charge on any atom is -0.497 e. The summed E-state index contributed by atoms with van der Waals surface area (Å²) in [5, 5.41) is 11.5. The summed E-state index contributed by atoms with van der Waals surface area (Å²) in [5.74, 6) is 0.730. The van der Waals surface area contributed by atoms with Gasteiger partial charge in [0.1, 0.15) is 17.3 Å². The SMILES string of the molecule is COc1ccc(C2C(C(=O)OC(C)C)=C(C)N=c3s/c(=C/c4ccc(-c5ccccc5[N+](=O)[O-])o4)c(=O)n32)cc1. The van der Waals surface area contributed by atoms with Crippen LogP contribution in [0.4, 0.5) is 5.69 Å². The zero-order valence-corrected chi connectivity index (χ0v) is 22.9. The van der Waals surface area contributed by atoms with E-state index < -0.39 is 16.9 Å². The van der Waals surface area contributed by atoms with E-state index in [4.69, 9.17) is 13.9 Å². The van der Waals surface area contributed by atoms with Gasteiger partial charge in [0.25, 0.3) is 11.2 Å². The number of nitro benzene ring substituents is 1. The molecule has 4 aromatic rings. The number of carbonyl (C=O) groups is 1. The van der Waals surface area contributed by atoms with Gasteiger partial charge in [0.2, 0.25) is 0 Å². The summed E-state index contributed by atoms with van der Waals surface area (Å²) in [6.07, 6.45) is 1.21. The van der Waals surface area contributed by atoms with E-state index in [1.807, 2.05) is 0 Å². The number of furan rings is 1. The van der Waals surface area contributed by atoms with Gasteiger partial charge in [0.15, 0.2) is 4.80 Å². The van der Waals surface area contributed by atoms with Gasteiger partial charge >= 0.3 is 5.97 Å². The Morgan fingerprint density at radius 2 is 1.88 bits per heavy atom. The number of para-hydroxylation sites is 1. The van der Waals surface area contributed by atoms with Gasteiger partial charge < -0.3 is 13.9 Å². The van der Waals surface area contributed by atoms with Crippen LogP contribution >= 0.6 is 11.3 Å². The maximum atomic E-state index is 13.8. The van der Waals surface area contributed by atoms with Crippen molar-refractivity contribution in [2.24, 2.45) is 4.99 Å². The summed E-state index contributed by atoms with van der Waals surface area (Å²) < 4.78 is 18.5. The van der Waals surface area contributed by atoms with Crippen LogP contribution < -0.4 is 19.6 Å². The minimum absolute atomic E-state index is 0.0847. The second-order valence-electron chi connectivity index (χ2n) is 9.29. The number of aromatic nitrogens is 1. The molecule has 2 aromatic heterocycles. The van der Waals surface area contributed by atoms with Crippen LogP contribution in [0.5, 0.6) is 5.75 Å². The number of nitrogens with zero attached hydrogens (tertiary/aromatic N) is 3. The number of esters is 1. The van der Waals surface area contributed by atoms with Crippen molar-refractivity contribution < 1.29 is 23.6 Å². The molecule has 0 N–H and O–H groups in total. The van der Waals surface area contributed by atoms with Crippen molar-refractivity contribution in [1.82, 2.24) is 4.57 Å². The van der Waals surface area contributed by atoms with Crippen molar-refractivity contribution >= 4 is 29.1 Å². The molecule has 40 heavy (non-hydrogen) atoms. The third-order valence-corrected chi connectivity index (χ3v) is 7.27. The molecule has 2 aromatic carbocycles. The van der Waals surface area contributed by atoms with E-state index in [-0.39, 0.29) is 22.9 Å². The summed E-state index contributed by atoms with van der Waals surface area (Å²) in [6.45, 7) is 5.23. The highest BCUT2D eigenvalue weighted by Crippen LogP contribution is 2.33. The van der Waals surface area contributed by atoms with Crippen LogP contribution in [0.2, 0.25) is 0 Å². The molecule has 1 unspecified atom stereocenters. The van der Waals surface area contributed by atoms with E-state index in [0.717, 1.165) is 11.3 Å². The van der Waals surface area contributed by atoms with Crippen LogP contribution in [0.1, 0.15) is 38.1 Å². The number of allylic oxidation sites excluding steroid dienone is 1. The first-order valence-electron chi connectivity index (χ1n) is 12.4. The topological polar surface area (TPSA) is 126 Å². The van der Waals surface area contributed by atoms with Crippen LogP contribution in [-0.4, -0.2) is 28.7 Å². The van der Waals surface area contributed by atoms with Crippen molar-refractivity contribution in [3.05, 3.63) is 113 Å². The predicted octanol–water partition coefficient (Wildman–Crippen LogP) is 4.36. The molecule has 1 atom stereocenters. The molecule has 0 radical (unpaired) electrons.